The fourth-order valence-electron chi connectivity index (χ4n) is 3.39. The number of benzene rings is 1. The lowest BCUT2D eigenvalue weighted by atomic mass is 10.0. The molecule has 3 heterocycles. The smallest absolute Gasteiger partial charge is 0.259 e. The van der Waals surface area contributed by atoms with E-state index in [0.717, 1.165) is 23.9 Å². The van der Waals surface area contributed by atoms with Crippen LogP contribution in [-0.2, 0) is 0 Å². The van der Waals surface area contributed by atoms with Crippen molar-refractivity contribution in [1.29, 1.82) is 0 Å². The highest BCUT2D eigenvalue weighted by Crippen LogP contribution is 2.33. The number of hydrogen-bond donors (Lipinski definition) is 0. The average molecular weight is 385 g/mol. The van der Waals surface area contributed by atoms with Gasteiger partial charge in [-0.25, -0.2) is 9.50 Å². The van der Waals surface area contributed by atoms with Crippen LogP contribution < -0.4 is 0 Å². The molecule has 0 radical (unpaired) electrons. The zero-order valence-electron chi connectivity index (χ0n) is 13.3. The molecular weight excluding hydrogens is 368 g/mol. The summed E-state index contributed by atoms with van der Waals surface area (Å²) in [4.78, 5) is 19.4. The maximum atomic E-state index is 13.1. The molecule has 1 amide bonds. The van der Waals surface area contributed by atoms with Crippen LogP contribution in [-0.4, -0.2) is 31.9 Å². The molecule has 1 aromatic carbocycles. The molecule has 3 aromatic rings. The molecule has 0 N–H and O–H groups in total. The zero-order chi connectivity index (χ0) is 16.7. The van der Waals surface area contributed by atoms with Gasteiger partial charge in [-0.05, 0) is 41.3 Å². The molecule has 0 spiro atoms. The van der Waals surface area contributed by atoms with Gasteiger partial charge in [-0.2, -0.15) is 5.10 Å². The maximum Gasteiger partial charge on any atom is 0.259 e. The van der Waals surface area contributed by atoms with Crippen molar-refractivity contribution < 1.29 is 4.79 Å². The number of halogens is 1. The first kappa shape index (κ1) is 15.3. The molecule has 1 aliphatic heterocycles. The fraction of sp³-hybridized carbons (Fsp3) is 0.278. The van der Waals surface area contributed by atoms with Crippen molar-refractivity contribution in [2.24, 2.45) is 0 Å². The Labute approximate surface area is 148 Å². The highest BCUT2D eigenvalue weighted by Gasteiger charge is 2.32. The van der Waals surface area contributed by atoms with Crippen molar-refractivity contribution in [2.45, 2.75) is 25.8 Å². The van der Waals surface area contributed by atoms with Crippen LogP contribution in [0.5, 0.6) is 0 Å². The van der Waals surface area contributed by atoms with Gasteiger partial charge in [-0.1, -0.05) is 29.8 Å². The third kappa shape index (κ3) is 2.60. The number of carbonyl (C=O) groups excluding carboxylic acids is 1. The molecule has 0 aliphatic carbocycles. The summed E-state index contributed by atoms with van der Waals surface area (Å²) >= 11 is 3.37. The van der Waals surface area contributed by atoms with E-state index in [-0.39, 0.29) is 11.9 Å². The van der Waals surface area contributed by atoms with Crippen LogP contribution in [0.2, 0.25) is 0 Å². The Morgan fingerprint density at radius 2 is 2.21 bits per heavy atom. The SMILES string of the molecule is Cc1cccc([C@@H]2CCCN2C(=O)c2cnn3cc(Br)cnc23)c1. The number of hydrogen-bond acceptors (Lipinski definition) is 3. The van der Waals surface area contributed by atoms with Gasteiger partial charge >= 0.3 is 0 Å². The Kier molecular flexibility index (Phi) is 3.84. The second kappa shape index (κ2) is 6.02. The second-order valence-corrected chi connectivity index (χ2v) is 7.08. The van der Waals surface area contributed by atoms with Gasteiger partial charge < -0.3 is 4.90 Å². The van der Waals surface area contributed by atoms with Gasteiger partial charge in [-0.3, -0.25) is 4.79 Å². The van der Waals surface area contributed by atoms with Gasteiger partial charge in [0.25, 0.3) is 5.91 Å². The van der Waals surface area contributed by atoms with Crippen molar-refractivity contribution in [3.63, 3.8) is 0 Å². The van der Waals surface area contributed by atoms with Gasteiger partial charge in [0.05, 0.1) is 16.7 Å². The molecule has 1 saturated heterocycles. The van der Waals surface area contributed by atoms with Crippen molar-refractivity contribution in [3.8, 4) is 0 Å². The van der Waals surface area contributed by atoms with Crippen LogP contribution >= 0.6 is 15.9 Å². The van der Waals surface area contributed by atoms with Crippen LogP contribution in [0.3, 0.4) is 0 Å². The Bertz CT molecular complexity index is 920. The topological polar surface area (TPSA) is 50.5 Å². The van der Waals surface area contributed by atoms with Gasteiger partial charge in [0.15, 0.2) is 5.65 Å². The number of rotatable bonds is 2. The average Bonchev–Trinajstić information content (AvgIpc) is 3.20. The zero-order valence-corrected chi connectivity index (χ0v) is 14.9. The van der Waals surface area contributed by atoms with Crippen LogP contribution in [0, 0.1) is 6.92 Å². The number of aryl methyl sites for hydroxylation is 1. The van der Waals surface area contributed by atoms with E-state index in [1.165, 1.54) is 11.1 Å². The molecule has 6 heteroatoms. The van der Waals surface area contributed by atoms with Gasteiger partial charge in [-0.15, -0.1) is 0 Å². The first-order valence-corrected chi connectivity index (χ1v) is 8.79. The normalized spacial score (nSPS) is 17.6. The summed E-state index contributed by atoms with van der Waals surface area (Å²) in [6, 6.07) is 8.54. The highest BCUT2D eigenvalue weighted by molar-refractivity contribution is 9.10. The molecule has 4 rings (SSSR count). The third-order valence-corrected chi connectivity index (χ3v) is 4.91. The van der Waals surface area contributed by atoms with Crippen molar-refractivity contribution >= 4 is 27.5 Å². The summed E-state index contributed by atoms with van der Waals surface area (Å²) in [5.74, 6) is 0.00354. The minimum Gasteiger partial charge on any atom is -0.331 e. The van der Waals surface area contributed by atoms with Crippen molar-refractivity contribution in [2.75, 3.05) is 6.54 Å². The highest BCUT2D eigenvalue weighted by atomic mass is 79.9. The van der Waals surface area contributed by atoms with E-state index in [1.54, 1.807) is 23.1 Å². The third-order valence-electron chi connectivity index (χ3n) is 4.50. The molecule has 0 unspecified atom stereocenters. The van der Waals surface area contributed by atoms with Gasteiger partial charge in [0.1, 0.15) is 5.56 Å². The number of nitrogens with zero attached hydrogens (tertiary/aromatic N) is 4. The van der Waals surface area contributed by atoms with Gasteiger partial charge in [0, 0.05) is 18.9 Å². The predicted molar refractivity (Wildman–Crippen MR) is 94.9 cm³/mol. The van der Waals surface area contributed by atoms with E-state index in [1.807, 2.05) is 4.90 Å². The number of carbonyl (C=O) groups is 1. The number of likely N-dealkylation sites (tertiary alicyclic amines) is 1. The van der Waals surface area contributed by atoms with Crippen molar-refractivity contribution in [3.05, 3.63) is 64.0 Å². The standard InChI is InChI=1S/C18H17BrN4O/c1-12-4-2-5-13(8-12)16-6-3-7-22(16)18(24)15-10-21-23-11-14(19)9-20-17(15)23/h2,4-5,8-11,16H,3,6-7H2,1H3/t16-/m0/s1. The van der Waals surface area contributed by atoms with E-state index in [9.17, 15) is 4.79 Å². The summed E-state index contributed by atoms with van der Waals surface area (Å²) in [6.45, 7) is 2.85. The molecule has 1 atom stereocenters. The summed E-state index contributed by atoms with van der Waals surface area (Å²) < 4.78 is 2.46. The maximum absolute atomic E-state index is 13.1. The molecule has 1 fully saturated rings. The molecule has 1 aliphatic rings. The van der Waals surface area contributed by atoms with E-state index < -0.39 is 0 Å². The molecule has 2 aromatic heterocycles. The summed E-state index contributed by atoms with van der Waals surface area (Å²) in [6.07, 6.45) is 7.12. The van der Waals surface area contributed by atoms with E-state index in [2.05, 4.69) is 57.2 Å². The monoisotopic (exact) mass is 384 g/mol. The molecule has 122 valence electrons. The molecular formula is C18H17BrN4O. The fourth-order valence-corrected chi connectivity index (χ4v) is 3.69. The lowest BCUT2D eigenvalue weighted by molar-refractivity contribution is 0.0737. The largest absolute Gasteiger partial charge is 0.331 e. The number of aromatic nitrogens is 3. The first-order chi connectivity index (χ1) is 11.6. The van der Waals surface area contributed by atoms with E-state index >= 15 is 0 Å². The quantitative estimate of drug-likeness (QED) is 0.675. The van der Waals surface area contributed by atoms with Crippen LogP contribution in [0.15, 0.2) is 47.3 Å². The lowest BCUT2D eigenvalue weighted by Gasteiger charge is -2.25. The van der Waals surface area contributed by atoms with Crippen molar-refractivity contribution in [1.82, 2.24) is 19.5 Å². The molecule has 24 heavy (non-hydrogen) atoms. The van der Waals surface area contributed by atoms with Crippen LogP contribution in [0.25, 0.3) is 5.65 Å². The molecule has 0 bridgehead atoms. The molecule has 5 nitrogen and oxygen atoms in total. The predicted octanol–water partition coefficient (Wildman–Crippen LogP) is 3.78. The first-order valence-electron chi connectivity index (χ1n) is 8.00. The molecule has 0 saturated carbocycles. The lowest BCUT2D eigenvalue weighted by Crippen LogP contribution is -2.30. The Morgan fingerprint density at radius 3 is 3.04 bits per heavy atom. The second-order valence-electron chi connectivity index (χ2n) is 6.17. The van der Waals surface area contributed by atoms with E-state index in [4.69, 9.17) is 0 Å². The summed E-state index contributed by atoms with van der Waals surface area (Å²) in [5.41, 5.74) is 3.57. The minimum absolute atomic E-state index is 0.00354. The van der Waals surface area contributed by atoms with Crippen LogP contribution in [0.4, 0.5) is 0 Å². The van der Waals surface area contributed by atoms with Gasteiger partial charge in [0.2, 0.25) is 0 Å². The summed E-state index contributed by atoms with van der Waals surface area (Å²) in [7, 11) is 0. The number of amides is 1. The van der Waals surface area contributed by atoms with Crippen LogP contribution in [0.1, 0.15) is 40.4 Å². The minimum atomic E-state index is 0.00354. The number of fused-ring (bicyclic) bond motifs is 1. The Hall–Kier alpha value is -2.21. The Morgan fingerprint density at radius 1 is 1.33 bits per heavy atom. The Balaban J connectivity index is 1.70. The van der Waals surface area contributed by atoms with E-state index in [0.29, 0.717) is 11.2 Å². The summed E-state index contributed by atoms with van der Waals surface area (Å²) in [5, 5.41) is 4.26.